The number of rotatable bonds is 2. The average Bonchev–Trinajstić information content (AvgIpc) is 3.38. The van der Waals surface area contributed by atoms with Crippen LogP contribution in [0, 0.1) is 6.92 Å². The Morgan fingerprint density at radius 2 is 2.11 bits per heavy atom. The van der Waals surface area contributed by atoms with E-state index in [1.165, 1.54) is 0 Å². The number of aromatic nitrogens is 3. The third kappa shape index (κ3) is 2.51. The van der Waals surface area contributed by atoms with Crippen LogP contribution in [0.3, 0.4) is 0 Å². The van der Waals surface area contributed by atoms with E-state index >= 15 is 0 Å². The number of amides is 1. The van der Waals surface area contributed by atoms with Crippen LogP contribution in [0.5, 0.6) is 0 Å². The van der Waals surface area contributed by atoms with E-state index in [4.69, 9.17) is 0 Å². The van der Waals surface area contributed by atoms with Crippen LogP contribution in [0.15, 0.2) is 30.5 Å². The highest BCUT2D eigenvalue weighted by Crippen LogP contribution is 2.30. The molecule has 3 heterocycles. The van der Waals surface area contributed by atoms with Crippen molar-refractivity contribution in [2.75, 3.05) is 13.1 Å². The summed E-state index contributed by atoms with van der Waals surface area (Å²) in [6.07, 6.45) is 5.05. The van der Waals surface area contributed by atoms with Gasteiger partial charge < -0.3 is 9.88 Å². The molecule has 0 bridgehead atoms. The Hall–Kier alpha value is -2.89. The van der Waals surface area contributed by atoms with Gasteiger partial charge in [0, 0.05) is 36.2 Å². The molecule has 0 radical (unpaired) electrons. The topological polar surface area (TPSA) is 71.0 Å². The summed E-state index contributed by atoms with van der Waals surface area (Å²) in [5, 5.41) is 5.67. The number of hydrogen-bond donors (Lipinski definition) is 1. The molecule has 1 aliphatic carbocycles. The molecule has 3 aromatic rings. The van der Waals surface area contributed by atoms with E-state index in [0.29, 0.717) is 25.2 Å². The highest BCUT2D eigenvalue weighted by molar-refractivity contribution is 6.04. The van der Waals surface area contributed by atoms with Crippen LogP contribution in [0.4, 0.5) is 0 Å². The number of Topliss-reactive ketones (excluding diaryl/α,β-unsaturated/α-hetero) is 1. The summed E-state index contributed by atoms with van der Waals surface area (Å²) in [6, 6.07) is 8.33. The summed E-state index contributed by atoms with van der Waals surface area (Å²) >= 11 is 0. The number of benzene rings is 1. The standard InChI is InChI=1S/C21H22N4O2/c1-13-19-16(6-4-8-18(19)26)23-20(13)21(27)24-10-9-15(12-24)25-17-7-3-2-5-14(17)11-22-25/h2-3,5,7,11,15,23H,4,6,8-10,12H2,1H3. The Labute approximate surface area is 157 Å². The molecule has 6 nitrogen and oxygen atoms in total. The van der Waals surface area contributed by atoms with Gasteiger partial charge in [0.25, 0.3) is 5.91 Å². The van der Waals surface area contributed by atoms with Crippen LogP contribution in [0.25, 0.3) is 10.9 Å². The monoisotopic (exact) mass is 362 g/mol. The Morgan fingerprint density at radius 1 is 1.26 bits per heavy atom. The predicted octanol–water partition coefficient (Wildman–Crippen LogP) is 3.28. The molecule has 27 heavy (non-hydrogen) atoms. The zero-order valence-corrected chi connectivity index (χ0v) is 15.4. The van der Waals surface area contributed by atoms with Crippen LogP contribution in [-0.4, -0.2) is 44.4 Å². The van der Waals surface area contributed by atoms with Crippen LogP contribution in [-0.2, 0) is 6.42 Å². The van der Waals surface area contributed by atoms with Gasteiger partial charge in [-0.15, -0.1) is 0 Å². The second-order valence-corrected chi connectivity index (χ2v) is 7.60. The quantitative estimate of drug-likeness (QED) is 0.760. The molecule has 1 fully saturated rings. The summed E-state index contributed by atoms with van der Waals surface area (Å²) in [7, 11) is 0. The van der Waals surface area contributed by atoms with E-state index in [1.54, 1.807) is 0 Å². The van der Waals surface area contributed by atoms with Crippen molar-refractivity contribution >= 4 is 22.6 Å². The molecule has 5 rings (SSSR count). The molecule has 2 aromatic heterocycles. The van der Waals surface area contributed by atoms with Crippen molar-refractivity contribution in [1.82, 2.24) is 19.7 Å². The molecule has 1 aliphatic heterocycles. The Morgan fingerprint density at radius 3 is 2.96 bits per heavy atom. The van der Waals surface area contributed by atoms with Gasteiger partial charge in [-0.3, -0.25) is 14.3 Å². The fraction of sp³-hybridized carbons (Fsp3) is 0.381. The van der Waals surface area contributed by atoms with Crippen molar-refractivity contribution in [3.63, 3.8) is 0 Å². The molecule has 1 saturated heterocycles. The van der Waals surface area contributed by atoms with Gasteiger partial charge in [-0.1, -0.05) is 18.2 Å². The highest BCUT2D eigenvalue weighted by atomic mass is 16.2. The van der Waals surface area contributed by atoms with Crippen LogP contribution < -0.4 is 0 Å². The number of likely N-dealkylation sites (tertiary alicyclic amines) is 1. The van der Waals surface area contributed by atoms with Gasteiger partial charge in [-0.25, -0.2) is 0 Å². The SMILES string of the molecule is Cc1c(C(=O)N2CCC(n3ncc4ccccc43)C2)[nH]c2c1C(=O)CCC2. The second kappa shape index (κ2) is 6.08. The molecule has 1 amide bonds. The fourth-order valence-electron chi connectivity index (χ4n) is 4.55. The zero-order chi connectivity index (χ0) is 18.5. The summed E-state index contributed by atoms with van der Waals surface area (Å²) in [5.74, 6) is 0.153. The molecular formula is C21H22N4O2. The minimum Gasteiger partial charge on any atom is -0.354 e. The molecule has 138 valence electrons. The molecule has 0 saturated carbocycles. The molecular weight excluding hydrogens is 340 g/mol. The number of hydrogen-bond acceptors (Lipinski definition) is 3. The van der Waals surface area contributed by atoms with Gasteiger partial charge in [-0.05, 0) is 37.8 Å². The minimum atomic E-state index is -0.00587. The highest BCUT2D eigenvalue weighted by Gasteiger charge is 2.33. The lowest BCUT2D eigenvalue weighted by molar-refractivity contribution is 0.0781. The smallest absolute Gasteiger partial charge is 0.270 e. The number of nitrogens with one attached hydrogen (secondary N) is 1. The zero-order valence-electron chi connectivity index (χ0n) is 15.4. The summed E-state index contributed by atoms with van der Waals surface area (Å²) in [6.45, 7) is 3.23. The van der Waals surface area contributed by atoms with E-state index in [-0.39, 0.29) is 17.7 Å². The van der Waals surface area contributed by atoms with Crippen LogP contribution >= 0.6 is 0 Å². The average molecular weight is 362 g/mol. The van der Waals surface area contributed by atoms with Crippen molar-refractivity contribution in [1.29, 1.82) is 0 Å². The molecule has 1 aromatic carbocycles. The maximum absolute atomic E-state index is 13.1. The number of ketones is 1. The third-order valence-electron chi connectivity index (χ3n) is 5.95. The molecule has 1 unspecified atom stereocenters. The molecule has 1 N–H and O–H groups in total. The number of aryl methyl sites for hydroxylation is 1. The summed E-state index contributed by atoms with van der Waals surface area (Å²) in [4.78, 5) is 30.5. The lowest BCUT2D eigenvalue weighted by Crippen LogP contribution is -2.30. The van der Waals surface area contributed by atoms with Crippen LogP contribution in [0.2, 0.25) is 0 Å². The Bertz CT molecular complexity index is 1060. The molecule has 0 spiro atoms. The van der Waals surface area contributed by atoms with Crippen molar-refractivity contribution in [3.05, 3.63) is 53.0 Å². The van der Waals surface area contributed by atoms with E-state index in [2.05, 4.69) is 22.2 Å². The maximum atomic E-state index is 13.1. The first-order valence-corrected chi connectivity index (χ1v) is 9.59. The van der Waals surface area contributed by atoms with Crippen molar-refractivity contribution in [2.45, 2.75) is 38.6 Å². The second-order valence-electron chi connectivity index (χ2n) is 7.60. The van der Waals surface area contributed by atoms with Gasteiger partial charge in [-0.2, -0.15) is 5.10 Å². The van der Waals surface area contributed by atoms with E-state index < -0.39 is 0 Å². The number of carbonyl (C=O) groups excluding carboxylic acids is 2. The molecule has 6 heteroatoms. The number of aromatic amines is 1. The lowest BCUT2D eigenvalue weighted by atomic mass is 9.94. The van der Waals surface area contributed by atoms with Gasteiger partial charge in [0.2, 0.25) is 0 Å². The first-order chi connectivity index (χ1) is 13.1. The molecule has 2 aliphatic rings. The largest absolute Gasteiger partial charge is 0.354 e. The van der Waals surface area contributed by atoms with Crippen LogP contribution in [0.1, 0.15) is 57.4 Å². The van der Waals surface area contributed by atoms with Gasteiger partial charge in [0.05, 0.1) is 17.8 Å². The Balaban J connectivity index is 1.41. The summed E-state index contributed by atoms with van der Waals surface area (Å²) < 4.78 is 2.04. The fourth-order valence-corrected chi connectivity index (χ4v) is 4.55. The minimum absolute atomic E-state index is 0.00587. The number of nitrogens with zero attached hydrogens (tertiary/aromatic N) is 3. The van der Waals surface area contributed by atoms with E-state index in [0.717, 1.165) is 47.0 Å². The van der Waals surface area contributed by atoms with Gasteiger partial charge >= 0.3 is 0 Å². The Kier molecular flexibility index (Phi) is 3.67. The van der Waals surface area contributed by atoms with Gasteiger partial charge in [0.15, 0.2) is 5.78 Å². The number of para-hydroxylation sites is 1. The normalized spacial score (nSPS) is 19.7. The van der Waals surface area contributed by atoms with Crippen molar-refractivity contribution in [2.24, 2.45) is 0 Å². The third-order valence-corrected chi connectivity index (χ3v) is 5.95. The van der Waals surface area contributed by atoms with E-state index in [9.17, 15) is 9.59 Å². The van der Waals surface area contributed by atoms with Crippen molar-refractivity contribution < 1.29 is 9.59 Å². The number of H-pyrrole nitrogens is 1. The number of fused-ring (bicyclic) bond motifs is 2. The first kappa shape index (κ1) is 16.3. The maximum Gasteiger partial charge on any atom is 0.270 e. The van der Waals surface area contributed by atoms with Crippen molar-refractivity contribution in [3.8, 4) is 0 Å². The number of carbonyl (C=O) groups is 2. The van der Waals surface area contributed by atoms with E-state index in [1.807, 2.05) is 34.8 Å². The summed E-state index contributed by atoms with van der Waals surface area (Å²) in [5.41, 5.74) is 4.18. The molecule has 1 atom stereocenters. The lowest BCUT2D eigenvalue weighted by Gasteiger charge is -2.17. The van der Waals surface area contributed by atoms with Gasteiger partial charge in [0.1, 0.15) is 5.69 Å². The predicted molar refractivity (Wildman–Crippen MR) is 102 cm³/mol. The first-order valence-electron chi connectivity index (χ1n) is 9.59.